The number of hydrogen-bond donors (Lipinski definition) is 0. The van der Waals surface area contributed by atoms with Crippen LogP contribution in [0.2, 0.25) is 0 Å². The number of aryl methyl sites for hydroxylation is 3. The number of fused-ring (bicyclic) bond motifs is 1. The first kappa shape index (κ1) is 24.5. The third-order valence-electron chi connectivity index (χ3n) is 6.84. The normalized spacial score (nSPS) is 11.4. The van der Waals surface area contributed by atoms with Gasteiger partial charge in [0.05, 0.1) is 11.0 Å². The van der Waals surface area contributed by atoms with E-state index in [0.29, 0.717) is 0 Å². The van der Waals surface area contributed by atoms with E-state index in [0.717, 1.165) is 31.1 Å². The lowest BCUT2D eigenvalue weighted by molar-refractivity contribution is 0.628. The average Bonchev–Trinajstić information content (AvgIpc) is 3.28. The molecule has 0 radical (unpaired) electrons. The standard InChI is InChI=1S/C33H35N2P/c1-2-3-7-20-33-34-31-25-28(21-22-32(31)35(33)24-23-27-14-8-4-9-15-27)26-36(29-16-10-5-11-17-29)30-18-12-6-13-19-30/h4-6,8-19,21-22,25H,2-3,7,20,23-24,26H2,1H3. The van der Waals surface area contributed by atoms with E-state index in [4.69, 9.17) is 4.98 Å². The fraction of sp³-hybridized carbons (Fsp3) is 0.242. The molecule has 3 heteroatoms. The summed E-state index contributed by atoms with van der Waals surface area (Å²) in [6, 6.07) is 39.8. The summed E-state index contributed by atoms with van der Waals surface area (Å²) in [6.45, 7) is 3.24. The predicted molar refractivity (Wildman–Crippen MR) is 156 cm³/mol. The molecule has 1 aromatic heterocycles. The molecular formula is C33H35N2P. The van der Waals surface area contributed by atoms with Crippen molar-refractivity contribution in [2.24, 2.45) is 0 Å². The van der Waals surface area contributed by atoms with Gasteiger partial charge in [-0.2, -0.15) is 0 Å². The molecule has 0 bridgehead atoms. The van der Waals surface area contributed by atoms with Crippen LogP contribution in [0, 0.1) is 0 Å². The summed E-state index contributed by atoms with van der Waals surface area (Å²) in [6.07, 6.45) is 6.80. The summed E-state index contributed by atoms with van der Waals surface area (Å²) in [7, 11) is -0.467. The third kappa shape index (κ3) is 5.94. The topological polar surface area (TPSA) is 17.8 Å². The molecule has 2 nitrogen and oxygen atoms in total. The number of benzene rings is 4. The third-order valence-corrected chi connectivity index (χ3v) is 9.36. The zero-order valence-electron chi connectivity index (χ0n) is 21.2. The van der Waals surface area contributed by atoms with Gasteiger partial charge in [-0.3, -0.25) is 0 Å². The first-order valence-corrected chi connectivity index (χ1v) is 14.7. The summed E-state index contributed by atoms with van der Waals surface area (Å²) in [5.74, 6) is 1.24. The second-order valence-electron chi connectivity index (χ2n) is 9.45. The number of rotatable bonds is 11. The van der Waals surface area contributed by atoms with E-state index in [1.807, 2.05) is 0 Å². The van der Waals surface area contributed by atoms with Gasteiger partial charge in [-0.05, 0) is 54.6 Å². The van der Waals surface area contributed by atoms with Crippen molar-refractivity contribution in [1.82, 2.24) is 9.55 Å². The maximum absolute atomic E-state index is 5.18. The summed E-state index contributed by atoms with van der Waals surface area (Å²) in [5.41, 5.74) is 5.16. The van der Waals surface area contributed by atoms with E-state index in [-0.39, 0.29) is 0 Å². The second-order valence-corrected chi connectivity index (χ2v) is 11.7. The number of imidazole rings is 1. The lowest BCUT2D eigenvalue weighted by Crippen LogP contribution is -2.12. The largest absolute Gasteiger partial charge is 0.328 e. The molecule has 0 N–H and O–H groups in total. The fourth-order valence-electron chi connectivity index (χ4n) is 4.91. The molecule has 0 aliphatic heterocycles. The van der Waals surface area contributed by atoms with Gasteiger partial charge >= 0.3 is 0 Å². The molecule has 5 aromatic rings. The van der Waals surface area contributed by atoms with Crippen LogP contribution in [-0.4, -0.2) is 9.55 Å². The maximum Gasteiger partial charge on any atom is 0.109 e. The van der Waals surface area contributed by atoms with E-state index >= 15 is 0 Å². The minimum atomic E-state index is -0.467. The van der Waals surface area contributed by atoms with Crippen molar-refractivity contribution in [2.45, 2.75) is 51.7 Å². The minimum absolute atomic E-state index is 0.467. The molecule has 4 aromatic carbocycles. The molecule has 1 heterocycles. The number of aromatic nitrogens is 2. The van der Waals surface area contributed by atoms with Crippen molar-refractivity contribution in [3.63, 3.8) is 0 Å². The first-order valence-electron chi connectivity index (χ1n) is 13.2. The molecular weight excluding hydrogens is 455 g/mol. The Morgan fingerprint density at radius 1 is 0.667 bits per heavy atom. The van der Waals surface area contributed by atoms with E-state index in [2.05, 4.69) is 121 Å². The zero-order chi connectivity index (χ0) is 24.6. The van der Waals surface area contributed by atoms with Crippen LogP contribution in [-0.2, 0) is 25.5 Å². The van der Waals surface area contributed by atoms with Crippen molar-refractivity contribution in [1.29, 1.82) is 0 Å². The monoisotopic (exact) mass is 490 g/mol. The van der Waals surface area contributed by atoms with E-state index in [1.54, 1.807) is 0 Å². The van der Waals surface area contributed by atoms with Crippen LogP contribution in [0.1, 0.15) is 43.1 Å². The Labute approximate surface area is 216 Å². The zero-order valence-corrected chi connectivity index (χ0v) is 22.1. The summed E-state index contributed by atoms with van der Waals surface area (Å²) in [5, 5.41) is 2.85. The smallest absolute Gasteiger partial charge is 0.109 e. The molecule has 0 amide bonds. The van der Waals surface area contributed by atoms with Crippen molar-refractivity contribution in [3.8, 4) is 0 Å². The van der Waals surface area contributed by atoms with Gasteiger partial charge in [0.1, 0.15) is 5.82 Å². The molecule has 0 aliphatic carbocycles. The second kappa shape index (κ2) is 12.2. The first-order chi connectivity index (χ1) is 17.8. The van der Waals surface area contributed by atoms with Gasteiger partial charge < -0.3 is 4.57 Å². The number of unbranched alkanes of at least 4 members (excludes halogenated alkanes) is 2. The molecule has 0 fully saturated rings. The highest BCUT2D eigenvalue weighted by Gasteiger charge is 2.16. The molecule has 0 aliphatic rings. The highest BCUT2D eigenvalue weighted by Crippen LogP contribution is 2.38. The van der Waals surface area contributed by atoms with Crippen LogP contribution in [0.4, 0.5) is 0 Å². The van der Waals surface area contributed by atoms with Gasteiger partial charge in [-0.25, -0.2) is 4.98 Å². The molecule has 0 spiro atoms. The van der Waals surface area contributed by atoms with Crippen LogP contribution in [0.3, 0.4) is 0 Å². The van der Waals surface area contributed by atoms with Gasteiger partial charge in [-0.1, -0.05) is 117 Å². The Kier molecular flexibility index (Phi) is 8.26. The summed E-state index contributed by atoms with van der Waals surface area (Å²) < 4.78 is 2.47. The number of hydrogen-bond acceptors (Lipinski definition) is 1. The van der Waals surface area contributed by atoms with Crippen LogP contribution in [0.5, 0.6) is 0 Å². The van der Waals surface area contributed by atoms with Gasteiger partial charge in [0, 0.05) is 19.1 Å². The van der Waals surface area contributed by atoms with Gasteiger partial charge in [0.15, 0.2) is 0 Å². The van der Waals surface area contributed by atoms with Crippen LogP contribution >= 0.6 is 7.92 Å². The molecule has 0 unspecified atom stereocenters. The van der Waals surface area contributed by atoms with Crippen molar-refractivity contribution in [2.75, 3.05) is 0 Å². The summed E-state index contributed by atoms with van der Waals surface area (Å²) >= 11 is 0. The van der Waals surface area contributed by atoms with Crippen LogP contribution in [0.15, 0.2) is 109 Å². The minimum Gasteiger partial charge on any atom is -0.328 e. The average molecular weight is 491 g/mol. The van der Waals surface area contributed by atoms with Crippen molar-refractivity contribution >= 4 is 29.6 Å². The molecule has 36 heavy (non-hydrogen) atoms. The fourth-order valence-corrected chi connectivity index (χ4v) is 7.20. The lowest BCUT2D eigenvalue weighted by Gasteiger charge is -2.19. The molecule has 5 rings (SSSR count). The predicted octanol–water partition coefficient (Wildman–Crippen LogP) is 7.64. The molecule has 182 valence electrons. The van der Waals surface area contributed by atoms with Crippen molar-refractivity contribution in [3.05, 3.63) is 126 Å². The van der Waals surface area contributed by atoms with Gasteiger partial charge in [0.2, 0.25) is 0 Å². The highest BCUT2D eigenvalue weighted by molar-refractivity contribution is 7.72. The molecule has 0 saturated carbocycles. The van der Waals surface area contributed by atoms with Gasteiger partial charge in [-0.15, -0.1) is 0 Å². The number of nitrogens with zero attached hydrogens (tertiary/aromatic N) is 2. The van der Waals surface area contributed by atoms with Crippen molar-refractivity contribution < 1.29 is 0 Å². The lowest BCUT2D eigenvalue weighted by atomic mass is 10.1. The Morgan fingerprint density at radius 2 is 1.31 bits per heavy atom. The van der Waals surface area contributed by atoms with E-state index < -0.39 is 7.92 Å². The summed E-state index contributed by atoms with van der Waals surface area (Å²) in [4.78, 5) is 5.18. The Morgan fingerprint density at radius 3 is 1.94 bits per heavy atom. The van der Waals surface area contributed by atoms with Gasteiger partial charge in [0.25, 0.3) is 0 Å². The quantitative estimate of drug-likeness (QED) is 0.137. The Bertz CT molecular complexity index is 1320. The Hall–Kier alpha value is -3.22. The SMILES string of the molecule is CCCCCc1nc2cc(CP(c3ccccc3)c3ccccc3)ccc2n1CCc1ccccc1. The molecule has 0 atom stereocenters. The van der Waals surface area contributed by atoms with Crippen LogP contribution < -0.4 is 10.6 Å². The van der Waals surface area contributed by atoms with Crippen LogP contribution in [0.25, 0.3) is 11.0 Å². The Balaban J connectivity index is 1.45. The molecule has 0 saturated heterocycles. The maximum atomic E-state index is 5.18. The van der Waals surface area contributed by atoms with E-state index in [1.165, 1.54) is 52.3 Å². The highest BCUT2D eigenvalue weighted by atomic mass is 31.1. The van der Waals surface area contributed by atoms with E-state index in [9.17, 15) is 0 Å².